The Bertz CT molecular complexity index is 560. The highest BCUT2D eigenvalue weighted by Gasteiger charge is 2.07. The second kappa shape index (κ2) is 6.46. The van der Waals surface area contributed by atoms with Crippen LogP contribution in [0.15, 0.2) is 54.6 Å². The minimum absolute atomic E-state index is 0.243. The van der Waals surface area contributed by atoms with Crippen molar-refractivity contribution in [3.8, 4) is 11.8 Å². The summed E-state index contributed by atoms with van der Waals surface area (Å²) in [5.74, 6) is 0.243. The van der Waals surface area contributed by atoms with Gasteiger partial charge in [0.05, 0.1) is 12.5 Å². The SMILES string of the molecule is N#CCCN(Cc1ccccc1)c1cccc(O)c1. The Balaban J connectivity index is 2.19. The Kier molecular flexibility index (Phi) is 4.41. The van der Waals surface area contributed by atoms with Crippen molar-refractivity contribution in [2.45, 2.75) is 13.0 Å². The summed E-state index contributed by atoms with van der Waals surface area (Å²) in [5.41, 5.74) is 2.11. The van der Waals surface area contributed by atoms with Crippen molar-refractivity contribution in [1.82, 2.24) is 0 Å². The van der Waals surface area contributed by atoms with E-state index in [1.165, 1.54) is 5.56 Å². The zero-order chi connectivity index (χ0) is 13.5. The lowest BCUT2D eigenvalue weighted by Crippen LogP contribution is -2.23. The van der Waals surface area contributed by atoms with Gasteiger partial charge in [-0.25, -0.2) is 0 Å². The van der Waals surface area contributed by atoms with Crippen molar-refractivity contribution in [3.05, 3.63) is 60.2 Å². The van der Waals surface area contributed by atoms with Crippen LogP contribution in [0.2, 0.25) is 0 Å². The lowest BCUT2D eigenvalue weighted by molar-refractivity contribution is 0.475. The number of anilines is 1. The van der Waals surface area contributed by atoms with Crippen molar-refractivity contribution < 1.29 is 5.11 Å². The molecule has 3 nitrogen and oxygen atoms in total. The smallest absolute Gasteiger partial charge is 0.117 e. The summed E-state index contributed by atoms with van der Waals surface area (Å²) in [6, 6.07) is 19.4. The first-order chi connectivity index (χ1) is 9.29. The van der Waals surface area contributed by atoms with Gasteiger partial charge in [0.1, 0.15) is 5.75 Å². The van der Waals surface area contributed by atoms with Gasteiger partial charge in [-0.05, 0) is 17.7 Å². The first-order valence-corrected chi connectivity index (χ1v) is 6.24. The molecule has 1 N–H and O–H groups in total. The summed E-state index contributed by atoms with van der Waals surface area (Å²) < 4.78 is 0. The molecule has 96 valence electrons. The van der Waals surface area contributed by atoms with Gasteiger partial charge >= 0.3 is 0 Å². The molecule has 0 atom stereocenters. The monoisotopic (exact) mass is 252 g/mol. The quantitative estimate of drug-likeness (QED) is 0.888. The molecule has 0 heterocycles. The van der Waals surface area contributed by atoms with Gasteiger partial charge in [0.25, 0.3) is 0 Å². The summed E-state index contributed by atoms with van der Waals surface area (Å²) in [6.45, 7) is 1.38. The van der Waals surface area contributed by atoms with Gasteiger partial charge in [-0.15, -0.1) is 0 Å². The van der Waals surface area contributed by atoms with Gasteiger partial charge in [-0.2, -0.15) is 5.26 Å². The van der Waals surface area contributed by atoms with Gasteiger partial charge in [0.15, 0.2) is 0 Å². The second-order valence-corrected chi connectivity index (χ2v) is 4.34. The zero-order valence-electron chi connectivity index (χ0n) is 10.7. The minimum atomic E-state index is 0.243. The summed E-state index contributed by atoms with van der Waals surface area (Å²) in [5, 5.41) is 18.3. The van der Waals surface area contributed by atoms with Crippen LogP contribution in [0.25, 0.3) is 0 Å². The Morgan fingerprint density at radius 1 is 1.05 bits per heavy atom. The number of phenolic OH excluding ortho intramolecular Hbond substituents is 1. The Labute approximate surface area is 113 Å². The lowest BCUT2D eigenvalue weighted by atomic mass is 10.2. The van der Waals surface area contributed by atoms with Crippen molar-refractivity contribution in [2.24, 2.45) is 0 Å². The average molecular weight is 252 g/mol. The Morgan fingerprint density at radius 2 is 1.84 bits per heavy atom. The van der Waals surface area contributed by atoms with Crippen LogP contribution in [-0.2, 0) is 6.54 Å². The third-order valence-electron chi connectivity index (χ3n) is 2.90. The number of phenols is 1. The number of nitriles is 1. The number of hydrogen-bond donors (Lipinski definition) is 1. The predicted molar refractivity (Wildman–Crippen MR) is 75.8 cm³/mol. The molecule has 0 amide bonds. The standard InChI is InChI=1S/C16H16N2O/c17-10-5-11-18(13-14-6-2-1-3-7-14)15-8-4-9-16(19)12-15/h1-4,6-9,12,19H,5,11,13H2. The average Bonchev–Trinajstić information content (AvgIpc) is 2.44. The highest BCUT2D eigenvalue weighted by atomic mass is 16.3. The molecule has 19 heavy (non-hydrogen) atoms. The molecular weight excluding hydrogens is 236 g/mol. The number of nitrogens with zero attached hydrogens (tertiary/aromatic N) is 2. The zero-order valence-corrected chi connectivity index (χ0v) is 10.7. The van der Waals surface area contributed by atoms with Gasteiger partial charge in [-0.3, -0.25) is 0 Å². The van der Waals surface area contributed by atoms with Crippen LogP contribution in [0.3, 0.4) is 0 Å². The molecule has 0 saturated carbocycles. The van der Waals surface area contributed by atoms with Gasteiger partial charge in [-0.1, -0.05) is 36.4 Å². The molecule has 0 saturated heterocycles. The normalized spacial score (nSPS) is 9.84. The fourth-order valence-electron chi connectivity index (χ4n) is 1.98. The molecule has 0 aliphatic heterocycles. The second-order valence-electron chi connectivity index (χ2n) is 4.34. The molecule has 0 aromatic heterocycles. The van der Waals surface area contributed by atoms with Crippen LogP contribution < -0.4 is 4.90 Å². The van der Waals surface area contributed by atoms with Crippen molar-refractivity contribution in [3.63, 3.8) is 0 Å². The van der Waals surface area contributed by atoms with Crippen LogP contribution in [0, 0.1) is 11.3 Å². The molecule has 0 spiro atoms. The molecular formula is C16H16N2O. The topological polar surface area (TPSA) is 47.3 Å². The van der Waals surface area contributed by atoms with E-state index in [0.29, 0.717) is 13.0 Å². The maximum absolute atomic E-state index is 9.56. The first-order valence-electron chi connectivity index (χ1n) is 6.24. The van der Waals surface area contributed by atoms with Crippen molar-refractivity contribution >= 4 is 5.69 Å². The van der Waals surface area contributed by atoms with Crippen LogP contribution in [0.1, 0.15) is 12.0 Å². The summed E-state index contributed by atoms with van der Waals surface area (Å²) in [6.07, 6.45) is 0.461. The molecule has 0 bridgehead atoms. The predicted octanol–water partition coefficient (Wildman–Crippen LogP) is 3.31. The van der Waals surface area contributed by atoms with Gasteiger partial charge < -0.3 is 10.0 Å². The molecule has 3 heteroatoms. The first kappa shape index (κ1) is 13.0. The van der Waals surface area contributed by atoms with Gasteiger partial charge in [0, 0.05) is 24.8 Å². The van der Waals surface area contributed by atoms with Crippen molar-refractivity contribution in [2.75, 3.05) is 11.4 Å². The van der Waals surface area contributed by atoms with E-state index in [0.717, 1.165) is 12.2 Å². The molecule has 2 aromatic carbocycles. The van der Waals surface area contributed by atoms with Crippen LogP contribution in [-0.4, -0.2) is 11.7 Å². The van der Waals surface area contributed by atoms with E-state index in [4.69, 9.17) is 5.26 Å². The molecule has 0 aliphatic carbocycles. The van der Waals surface area contributed by atoms with Crippen LogP contribution in [0.5, 0.6) is 5.75 Å². The molecule has 0 radical (unpaired) electrons. The molecule has 2 aromatic rings. The highest BCUT2D eigenvalue weighted by Crippen LogP contribution is 2.22. The van der Waals surface area contributed by atoms with E-state index < -0.39 is 0 Å². The van der Waals surface area contributed by atoms with Gasteiger partial charge in [0.2, 0.25) is 0 Å². The number of benzene rings is 2. The number of rotatable bonds is 5. The summed E-state index contributed by atoms with van der Waals surface area (Å²) >= 11 is 0. The van der Waals surface area contributed by atoms with E-state index in [2.05, 4.69) is 23.1 Å². The maximum atomic E-state index is 9.56. The largest absolute Gasteiger partial charge is 0.508 e. The highest BCUT2D eigenvalue weighted by molar-refractivity contribution is 5.50. The number of aromatic hydroxyl groups is 1. The minimum Gasteiger partial charge on any atom is -0.508 e. The molecule has 0 aliphatic rings. The summed E-state index contributed by atoms with van der Waals surface area (Å²) in [7, 11) is 0. The van der Waals surface area contributed by atoms with E-state index in [1.54, 1.807) is 12.1 Å². The maximum Gasteiger partial charge on any atom is 0.117 e. The summed E-state index contributed by atoms with van der Waals surface area (Å²) in [4.78, 5) is 2.10. The lowest BCUT2D eigenvalue weighted by Gasteiger charge is -2.24. The fraction of sp³-hybridized carbons (Fsp3) is 0.188. The number of hydrogen-bond acceptors (Lipinski definition) is 3. The molecule has 0 unspecified atom stereocenters. The Hall–Kier alpha value is -2.47. The van der Waals surface area contributed by atoms with Crippen LogP contribution >= 0.6 is 0 Å². The molecule has 2 rings (SSSR count). The van der Waals surface area contributed by atoms with E-state index >= 15 is 0 Å². The fourth-order valence-corrected chi connectivity index (χ4v) is 1.98. The van der Waals surface area contributed by atoms with Crippen molar-refractivity contribution in [1.29, 1.82) is 5.26 Å². The third kappa shape index (κ3) is 3.75. The molecule has 0 fully saturated rings. The third-order valence-corrected chi connectivity index (χ3v) is 2.90. The van der Waals surface area contributed by atoms with Crippen LogP contribution in [0.4, 0.5) is 5.69 Å². The Morgan fingerprint density at radius 3 is 2.53 bits per heavy atom. The van der Waals surface area contributed by atoms with E-state index in [-0.39, 0.29) is 5.75 Å². The van der Waals surface area contributed by atoms with E-state index in [9.17, 15) is 5.11 Å². The van der Waals surface area contributed by atoms with E-state index in [1.807, 2.05) is 30.3 Å².